The number of aliphatic hydroxyl groups is 6. The molecule has 10 N–H and O–H groups in total. The van der Waals surface area contributed by atoms with Gasteiger partial charge in [-0.1, -0.05) is 36.4 Å². The van der Waals surface area contributed by atoms with E-state index in [1.165, 1.54) is 106 Å². The molecule has 0 saturated carbocycles. The third-order valence-corrected chi connectivity index (χ3v) is 19.8. The summed E-state index contributed by atoms with van der Waals surface area (Å²) in [7, 11) is 7.08. The molecule has 0 bridgehead atoms. The molecule has 12 atom stereocenters. The molecule has 6 aliphatic heterocycles. The lowest BCUT2D eigenvalue weighted by Crippen LogP contribution is -2.61. The van der Waals surface area contributed by atoms with Crippen LogP contribution in [0.3, 0.4) is 0 Å². The van der Waals surface area contributed by atoms with Gasteiger partial charge in [0.2, 0.25) is 12.6 Å². The first-order valence-corrected chi connectivity index (χ1v) is 36.5. The molecule has 0 aliphatic carbocycles. The van der Waals surface area contributed by atoms with Gasteiger partial charge in [0.25, 0.3) is 23.6 Å². The third kappa shape index (κ3) is 18.1. The summed E-state index contributed by atoms with van der Waals surface area (Å²) in [5.41, 5.74) is 1.34. The maximum Gasteiger partial charge on any atom is 0.416 e. The second kappa shape index (κ2) is 35.3. The van der Waals surface area contributed by atoms with Crippen LogP contribution in [0.25, 0.3) is 11.1 Å². The third-order valence-electron chi connectivity index (χ3n) is 19.8. The molecule has 6 heterocycles. The fourth-order valence-corrected chi connectivity index (χ4v) is 13.9. The van der Waals surface area contributed by atoms with Gasteiger partial charge in [-0.25, -0.2) is 29.0 Å². The predicted octanol–water partition coefficient (Wildman–Crippen LogP) is 5.54. The summed E-state index contributed by atoms with van der Waals surface area (Å²) < 4.78 is 74.8. The van der Waals surface area contributed by atoms with Crippen LogP contribution in [0.15, 0.2) is 122 Å². The number of anilines is 2. The maximum absolute atomic E-state index is 15.0. The number of fused-ring (bicyclic) bond motifs is 4. The first kappa shape index (κ1) is 82.7. The highest BCUT2D eigenvalue weighted by Gasteiger charge is 2.51. The number of carboxylic acids is 2. The van der Waals surface area contributed by atoms with Gasteiger partial charge in [0.15, 0.2) is 47.7 Å². The molecule has 0 spiro atoms. The fourth-order valence-electron chi connectivity index (χ4n) is 13.9. The van der Waals surface area contributed by atoms with E-state index in [2.05, 4.69) is 10.6 Å². The lowest BCUT2D eigenvalue weighted by molar-refractivity contribution is -0.271. The van der Waals surface area contributed by atoms with Crippen molar-refractivity contribution >= 4 is 70.3 Å². The molecule has 35 heteroatoms. The van der Waals surface area contributed by atoms with Crippen molar-refractivity contribution in [3.05, 3.63) is 166 Å². The first-order valence-electron chi connectivity index (χ1n) is 36.5. The van der Waals surface area contributed by atoms with Crippen LogP contribution in [0.4, 0.5) is 21.0 Å². The van der Waals surface area contributed by atoms with Gasteiger partial charge in [-0.3, -0.25) is 19.2 Å². The van der Waals surface area contributed by atoms with Crippen molar-refractivity contribution in [1.82, 2.24) is 20.4 Å². The Morgan fingerprint density at radius 3 is 1.46 bits per heavy atom. The van der Waals surface area contributed by atoms with Gasteiger partial charge < -0.3 is 123 Å². The molecule has 12 rings (SSSR count). The fraction of sp³-hybridized carbons (Fsp3) is 0.400. The zero-order valence-electron chi connectivity index (χ0n) is 63.7. The van der Waals surface area contributed by atoms with Gasteiger partial charge in [0.1, 0.15) is 54.5 Å². The van der Waals surface area contributed by atoms with Gasteiger partial charge in [-0.05, 0) is 128 Å². The van der Waals surface area contributed by atoms with Crippen LogP contribution in [0.1, 0.15) is 117 Å². The van der Waals surface area contributed by atoms with E-state index in [1.807, 2.05) is 0 Å². The van der Waals surface area contributed by atoms with Crippen LogP contribution in [0.5, 0.6) is 46.0 Å². The summed E-state index contributed by atoms with van der Waals surface area (Å²) >= 11 is 0. The SMILES string of the molecule is COCCNC(=O)c1cc(COC(=O)N2c3cc(OCCCOc4cc5c(cc4OC)C(=O)N4C=C(c6ccc(OC)cc6)C[C@H]4C(O)N5C(=O)OCc4ccc(O[C@H]5C[C@@H](O)C[C@@H](C(=O)O)O5)c(C(=O)NC(C)(C)C)c4)c(OC)cc3C(=O)N3C=C(c4ccc(OC)cc4)CC3C2O)ccc1O[C@@H]1O[C@H](C(=O)O)[C@@H](O)[C@H](O)[C@H]1O. The average Bonchev–Trinajstić information content (AvgIpc) is 1.60. The molecule has 0 radical (unpaired) electrons. The van der Waals surface area contributed by atoms with Crippen molar-refractivity contribution < 1.29 is 141 Å². The number of aliphatic carboxylic acids is 2. The van der Waals surface area contributed by atoms with Crippen molar-refractivity contribution in [2.24, 2.45) is 0 Å². The second-order valence-electron chi connectivity index (χ2n) is 28.6. The van der Waals surface area contributed by atoms with Gasteiger partial charge >= 0.3 is 24.1 Å². The number of carboxylic acid groups (broad SMARTS) is 2. The van der Waals surface area contributed by atoms with Crippen molar-refractivity contribution in [1.29, 1.82) is 0 Å². The Morgan fingerprint density at radius 2 is 1.01 bits per heavy atom. The Balaban J connectivity index is 0.811. The lowest BCUT2D eigenvalue weighted by Gasteiger charge is -2.38. The highest BCUT2D eigenvalue weighted by atomic mass is 16.7. The normalized spacial score (nSPS) is 22.9. The Kier molecular flexibility index (Phi) is 25.4. The largest absolute Gasteiger partial charge is 0.497 e. The molecule has 3 unspecified atom stereocenters. The Hall–Kier alpha value is -11.8. The minimum Gasteiger partial charge on any atom is -0.497 e. The van der Waals surface area contributed by atoms with E-state index < -0.39 is 140 Å². The molecule has 2 saturated heterocycles. The summed E-state index contributed by atoms with van der Waals surface area (Å²) in [6.07, 6.45) is -16.8. The van der Waals surface area contributed by atoms with Gasteiger partial charge in [-0.15, -0.1) is 0 Å². The molecule has 115 heavy (non-hydrogen) atoms. The second-order valence-corrected chi connectivity index (χ2v) is 28.6. The van der Waals surface area contributed by atoms with Crippen LogP contribution in [0, 0.1) is 0 Å². The molecule has 0 aromatic heterocycles. The van der Waals surface area contributed by atoms with Crippen LogP contribution >= 0.6 is 0 Å². The molecule has 6 amide bonds. The van der Waals surface area contributed by atoms with E-state index in [4.69, 9.17) is 61.6 Å². The minimum atomic E-state index is -2.05. The molecule has 35 nitrogen and oxygen atoms in total. The van der Waals surface area contributed by atoms with E-state index in [0.717, 1.165) is 9.80 Å². The van der Waals surface area contributed by atoms with Crippen LogP contribution in [-0.4, -0.2) is 240 Å². The standard InChI is InChI=1S/C80H88N6O29/c1-80(2,3)82-70(92)52-27-41(10-20-57(52)112-64-31-46(87)30-63(113-64)75(97)98)39-111-79(102)86-54-35-62(60(107-8)33-50(54)72(94)84-37-45(29-56(84)74(86)96)43-14-18-48(105-6)19-15-43)109-24-9-23-108-61-34-53-49(32-59(61)106-7)71(93)83-36-44(42-12-16-47(104-5)17-13-42)28-55(83)73(95)85(53)78(101)110-38-40-11-21-58(51(26-40)69(91)81-22-25-103-4)114-77-67(90)65(88)66(89)68(115-77)76(99)100/h10-21,26-27,32-37,46,55-56,63-68,73-74,77,87-90,95-96H,9,22-25,28-31,38-39H2,1-8H3,(H,81,91)(H,82,92)(H,97,98)(H,99,100)/t46-,55?,56-,63-,64+,65-,66-,67+,68-,73?,74?,77+/m0/s1. The summed E-state index contributed by atoms with van der Waals surface area (Å²) in [5.74, 6) is -4.92. The highest BCUT2D eigenvalue weighted by molar-refractivity contribution is 6.09. The number of hydrogen-bond acceptors (Lipinski definition) is 27. The molecule has 2 fully saturated rings. The number of carbonyl (C=O) groups excluding carboxylic acids is 6. The van der Waals surface area contributed by atoms with Crippen molar-refractivity contribution in [2.45, 2.75) is 145 Å². The quantitative estimate of drug-likeness (QED) is 0.0283. The summed E-state index contributed by atoms with van der Waals surface area (Å²) in [5, 5.41) is 92.3. The van der Waals surface area contributed by atoms with E-state index in [1.54, 1.807) is 81.7 Å². The van der Waals surface area contributed by atoms with Gasteiger partial charge in [-0.2, -0.15) is 0 Å². The van der Waals surface area contributed by atoms with Gasteiger partial charge in [0, 0.05) is 63.0 Å². The van der Waals surface area contributed by atoms with E-state index in [0.29, 0.717) is 33.8 Å². The lowest BCUT2D eigenvalue weighted by atomic mass is 9.99. The zero-order valence-corrected chi connectivity index (χ0v) is 63.7. The van der Waals surface area contributed by atoms with Crippen molar-refractivity contribution in [3.8, 4) is 46.0 Å². The maximum atomic E-state index is 15.0. The van der Waals surface area contributed by atoms with Gasteiger partial charge in [0.05, 0.1) is 100 Å². The van der Waals surface area contributed by atoms with E-state index in [9.17, 15) is 69.6 Å². The molecular formula is C80H88N6O29. The number of nitrogens with zero attached hydrogens (tertiary/aromatic N) is 4. The minimum absolute atomic E-state index is 0.0110. The number of amides is 6. The zero-order chi connectivity index (χ0) is 82.4. The number of methoxy groups -OCH3 is 5. The Bertz CT molecular complexity index is 4720. The monoisotopic (exact) mass is 1600 g/mol. The number of ether oxygens (including phenoxy) is 13. The van der Waals surface area contributed by atoms with Crippen LogP contribution < -0.4 is 58.3 Å². The number of nitrogens with one attached hydrogen (secondary N) is 2. The number of rotatable bonds is 27. The first-order chi connectivity index (χ1) is 55.0. The van der Waals surface area contributed by atoms with Crippen LogP contribution in [-0.2, 0) is 46.5 Å². The van der Waals surface area contributed by atoms with E-state index in [-0.39, 0.29) is 138 Å². The Labute approximate surface area is 658 Å². The molecular weight excluding hydrogens is 1510 g/mol. The molecule has 6 aromatic carbocycles. The molecule has 6 aromatic rings. The number of benzene rings is 6. The predicted molar refractivity (Wildman–Crippen MR) is 401 cm³/mol. The summed E-state index contributed by atoms with van der Waals surface area (Å²) in [6, 6.07) is 25.3. The highest BCUT2D eigenvalue weighted by Crippen LogP contribution is 2.47. The van der Waals surface area contributed by atoms with Crippen molar-refractivity contribution in [2.75, 3.05) is 71.7 Å². The number of hydrogen-bond donors (Lipinski definition) is 10. The number of carbonyl (C=O) groups is 8. The summed E-state index contributed by atoms with van der Waals surface area (Å²) in [6.45, 7) is 3.81. The molecule has 6 aliphatic rings. The average molecular weight is 1600 g/mol. The smallest absolute Gasteiger partial charge is 0.416 e. The summed E-state index contributed by atoms with van der Waals surface area (Å²) in [4.78, 5) is 116. The molecule has 612 valence electrons. The number of aliphatic hydroxyl groups excluding tert-OH is 6. The van der Waals surface area contributed by atoms with Crippen LogP contribution in [0.2, 0.25) is 0 Å². The Morgan fingerprint density at radius 1 is 0.522 bits per heavy atom. The van der Waals surface area contributed by atoms with Crippen molar-refractivity contribution in [3.63, 3.8) is 0 Å². The topological polar surface area (TPSA) is 455 Å². The van der Waals surface area contributed by atoms with E-state index >= 15 is 9.59 Å².